The lowest BCUT2D eigenvalue weighted by molar-refractivity contribution is -0.142. The molecule has 1 aliphatic heterocycles. The molecule has 9 heteroatoms. The third kappa shape index (κ3) is 5.77. The standard InChI is InChI=1S/C23H27F3N4O2/c1-15(2)12-20(31)30-14-17-7-4-3-6-16(17)13-19(30)22(32)29-11-10-28-21-18(23(24,25)26)8-5-9-27-21/h3-9,15,19H,10-14H2,1-2H3,(H,27,28)(H,29,32). The van der Waals surface area contributed by atoms with Crippen LogP contribution in [0.5, 0.6) is 0 Å². The zero-order valence-corrected chi connectivity index (χ0v) is 18.1. The Kier molecular flexibility index (Phi) is 7.37. The maximum atomic E-state index is 13.1. The van der Waals surface area contributed by atoms with Gasteiger partial charge in [0, 0.05) is 38.7 Å². The van der Waals surface area contributed by atoms with E-state index in [4.69, 9.17) is 0 Å². The first kappa shape index (κ1) is 23.6. The first-order valence-electron chi connectivity index (χ1n) is 10.6. The smallest absolute Gasteiger partial charge is 0.368 e. The van der Waals surface area contributed by atoms with Gasteiger partial charge in [0.1, 0.15) is 11.9 Å². The van der Waals surface area contributed by atoms with E-state index in [1.54, 1.807) is 4.90 Å². The van der Waals surface area contributed by atoms with Crippen molar-refractivity contribution in [3.05, 3.63) is 59.3 Å². The van der Waals surface area contributed by atoms with Gasteiger partial charge in [-0.3, -0.25) is 9.59 Å². The molecular weight excluding hydrogens is 421 g/mol. The van der Waals surface area contributed by atoms with Gasteiger partial charge in [0.2, 0.25) is 11.8 Å². The lowest BCUT2D eigenvalue weighted by Crippen LogP contribution is -2.53. The van der Waals surface area contributed by atoms with E-state index in [-0.39, 0.29) is 36.6 Å². The number of anilines is 1. The number of rotatable bonds is 7. The molecule has 0 spiro atoms. The van der Waals surface area contributed by atoms with Crippen molar-refractivity contribution < 1.29 is 22.8 Å². The lowest BCUT2D eigenvalue weighted by atomic mass is 9.92. The Hall–Kier alpha value is -3.10. The summed E-state index contributed by atoms with van der Waals surface area (Å²) in [6.07, 6.45) is -2.51. The van der Waals surface area contributed by atoms with E-state index in [9.17, 15) is 22.8 Å². The highest BCUT2D eigenvalue weighted by Gasteiger charge is 2.35. The summed E-state index contributed by atoms with van der Waals surface area (Å²) in [5, 5.41) is 5.37. The Balaban J connectivity index is 1.63. The van der Waals surface area contributed by atoms with Gasteiger partial charge in [0.25, 0.3) is 0 Å². The summed E-state index contributed by atoms with van der Waals surface area (Å²) >= 11 is 0. The van der Waals surface area contributed by atoms with Crippen molar-refractivity contribution in [3.63, 3.8) is 0 Å². The molecule has 6 nitrogen and oxygen atoms in total. The number of fused-ring (bicyclic) bond motifs is 1. The fourth-order valence-electron chi connectivity index (χ4n) is 3.75. The zero-order valence-electron chi connectivity index (χ0n) is 18.1. The van der Waals surface area contributed by atoms with Crippen LogP contribution in [0.25, 0.3) is 0 Å². The lowest BCUT2D eigenvalue weighted by Gasteiger charge is -2.36. The highest BCUT2D eigenvalue weighted by atomic mass is 19.4. The molecule has 0 bridgehead atoms. The minimum atomic E-state index is -4.52. The van der Waals surface area contributed by atoms with E-state index >= 15 is 0 Å². The fraction of sp³-hybridized carbons (Fsp3) is 0.435. The molecule has 1 aromatic carbocycles. The molecule has 0 fully saturated rings. The Morgan fingerprint density at radius 1 is 1.12 bits per heavy atom. The molecule has 1 aromatic heterocycles. The van der Waals surface area contributed by atoms with E-state index in [2.05, 4.69) is 15.6 Å². The second-order valence-electron chi connectivity index (χ2n) is 8.22. The Labute approximate surface area is 185 Å². The van der Waals surface area contributed by atoms with Crippen molar-refractivity contribution in [2.75, 3.05) is 18.4 Å². The van der Waals surface area contributed by atoms with Crippen molar-refractivity contribution in [3.8, 4) is 0 Å². The molecular formula is C23H27F3N4O2. The van der Waals surface area contributed by atoms with Crippen LogP contribution in [0, 0.1) is 5.92 Å². The van der Waals surface area contributed by atoms with Crippen LogP contribution in [-0.2, 0) is 28.7 Å². The maximum Gasteiger partial charge on any atom is 0.419 e. The number of aromatic nitrogens is 1. The number of benzene rings is 1. The maximum absolute atomic E-state index is 13.1. The van der Waals surface area contributed by atoms with Gasteiger partial charge >= 0.3 is 6.18 Å². The zero-order chi connectivity index (χ0) is 23.3. The minimum absolute atomic E-state index is 0.0646. The number of nitrogens with zero attached hydrogens (tertiary/aromatic N) is 2. The summed E-state index contributed by atoms with van der Waals surface area (Å²) in [7, 11) is 0. The number of hydrogen-bond acceptors (Lipinski definition) is 4. The fourth-order valence-corrected chi connectivity index (χ4v) is 3.75. The van der Waals surface area contributed by atoms with Crippen molar-refractivity contribution in [2.24, 2.45) is 5.92 Å². The van der Waals surface area contributed by atoms with Crippen molar-refractivity contribution in [1.82, 2.24) is 15.2 Å². The first-order chi connectivity index (χ1) is 15.2. The number of halogens is 3. The number of alkyl halides is 3. The number of nitrogens with one attached hydrogen (secondary N) is 2. The van der Waals surface area contributed by atoms with Crippen molar-refractivity contribution in [2.45, 2.75) is 45.5 Å². The van der Waals surface area contributed by atoms with E-state index in [0.29, 0.717) is 19.4 Å². The van der Waals surface area contributed by atoms with E-state index in [1.165, 1.54) is 12.3 Å². The monoisotopic (exact) mass is 448 g/mol. The highest BCUT2D eigenvalue weighted by Crippen LogP contribution is 2.33. The quantitative estimate of drug-likeness (QED) is 0.635. The first-order valence-corrected chi connectivity index (χ1v) is 10.6. The molecule has 3 rings (SSSR count). The predicted octanol–water partition coefficient (Wildman–Crippen LogP) is 3.63. The van der Waals surface area contributed by atoms with E-state index in [0.717, 1.165) is 17.2 Å². The second-order valence-corrected chi connectivity index (χ2v) is 8.22. The van der Waals surface area contributed by atoms with Crippen LogP contribution in [0.4, 0.5) is 19.0 Å². The molecule has 1 aliphatic rings. The van der Waals surface area contributed by atoms with Crippen LogP contribution in [0.2, 0.25) is 0 Å². The minimum Gasteiger partial charge on any atom is -0.368 e. The number of carbonyl (C=O) groups excluding carboxylic acids is 2. The largest absolute Gasteiger partial charge is 0.419 e. The van der Waals surface area contributed by atoms with Gasteiger partial charge in [0.15, 0.2) is 0 Å². The summed E-state index contributed by atoms with van der Waals surface area (Å²) < 4.78 is 39.2. The second kappa shape index (κ2) is 10.0. The van der Waals surface area contributed by atoms with Crippen LogP contribution in [0.1, 0.15) is 37.0 Å². The topological polar surface area (TPSA) is 74.3 Å². The Morgan fingerprint density at radius 2 is 1.84 bits per heavy atom. The SMILES string of the molecule is CC(C)CC(=O)N1Cc2ccccc2CC1C(=O)NCCNc1ncccc1C(F)(F)F. The molecule has 1 atom stereocenters. The van der Waals surface area contributed by atoms with Gasteiger partial charge in [-0.25, -0.2) is 4.98 Å². The predicted molar refractivity (Wildman–Crippen MR) is 115 cm³/mol. The molecule has 0 aliphatic carbocycles. The van der Waals surface area contributed by atoms with Crippen LogP contribution in [0.15, 0.2) is 42.6 Å². The van der Waals surface area contributed by atoms with Crippen molar-refractivity contribution in [1.29, 1.82) is 0 Å². The third-order valence-electron chi connectivity index (χ3n) is 5.28. The molecule has 0 saturated carbocycles. The molecule has 32 heavy (non-hydrogen) atoms. The Bertz CT molecular complexity index is 962. The summed E-state index contributed by atoms with van der Waals surface area (Å²) in [4.78, 5) is 31.1. The number of pyridine rings is 1. The Morgan fingerprint density at radius 3 is 2.53 bits per heavy atom. The van der Waals surface area contributed by atoms with Gasteiger partial charge in [-0.15, -0.1) is 0 Å². The normalized spacial score (nSPS) is 15.9. The third-order valence-corrected chi connectivity index (χ3v) is 5.28. The molecule has 2 amide bonds. The van der Waals surface area contributed by atoms with Crippen molar-refractivity contribution >= 4 is 17.6 Å². The highest BCUT2D eigenvalue weighted by molar-refractivity contribution is 5.88. The molecule has 2 aromatic rings. The van der Waals surface area contributed by atoms with E-state index in [1.807, 2.05) is 38.1 Å². The molecule has 1 unspecified atom stereocenters. The van der Waals surface area contributed by atoms with Gasteiger partial charge < -0.3 is 15.5 Å². The summed E-state index contributed by atoms with van der Waals surface area (Å²) in [5.41, 5.74) is 1.17. The van der Waals surface area contributed by atoms with Gasteiger partial charge in [0.05, 0.1) is 5.56 Å². The molecule has 2 N–H and O–H groups in total. The van der Waals surface area contributed by atoms with Crippen LogP contribution < -0.4 is 10.6 Å². The molecule has 2 heterocycles. The average Bonchev–Trinajstić information content (AvgIpc) is 2.74. The van der Waals surface area contributed by atoms with Crippen LogP contribution in [0.3, 0.4) is 0 Å². The number of hydrogen-bond donors (Lipinski definition) is 2. The molecule has 0 saturated heterocycles. The van der Waals surface area contributed by atoms with E-state index < -0.39 is 17.8 Å². The van der Waals surface area contributed by atoms with Gasteiger partial charge in [-0.1, -0.05) is 38.1 Å². The number of amides is 2. The van der Waals surface area contributed by atoms with Gasteiger partial charge in [-0.2, -0.15) is 13.2 Å². The van der Waals surface area contributed by atoms with Gasteiger partial charge in [-0.05, 0) is 29.2 Å². The molecule has 0 radical (unpaired) electrons. The summed E-state index contributed by atoms with van der Waals surface area (Å²) in [6.45, 7) is 4.42. The summed E-state index contributed by atoms with van der Waals surface area (Å²) in [5.74, 6) is -0.532. The van der Waals surface area contributed by atoms with Crippen LogP contribution in [-0.4, -0.2) is 40.8 Å². The molecule has 172 valence electrons. The summed E-state index contributed by atoms with van der Waals surface area (Å²) in [6, 6.07) is 9.22. The average molecular weight is 448 g/mol. The number of carbonyl (C=O) groups is 2. The van der Waals surface area contributed by atoms with Crippen LogP contribution >= 0.6 is 0 Å².